The van der Waals surface area contributed by atoms with E-state index in [-0.39, 0.29) is 0 Å². The van der Waals surface area contributed by atoms with Crippen LogP contribution in [0.15, 0.2) is 42.7 Å². The highest BCUT2D eigenvalue weighted by molar-refractivity contribution is 5.55. The van der Waals surface area contributed by atoms with Crippen LogP contribution >= 0.6 is 0 Å². The first-order valence-corrected chi connectivity index (χ1v) is 5.35. The molecule has 1 aromatic heterocycles. The molecule has 2 aromatic rings. The number of rotatable bonds is 3. The standard InChI is InChI=1S/C13H16N2O/c1-13(2,16)10-15-9-8-14-12(15)11-6-4-3-5-7-11/h3-9,16H,10H2,1-2H3. The molecule has 1 N–H and O–H groups in total. The largest absolute Gasteiger partial charge is 0.389 e. The summed E-state index contributed by atoms with van der Waals surface area (Å²) in [6.45, 7) is 4.13. The normalized spacial score (nSPS) is 11.7. The Hall–Kier alpha value is -1.61. The summed E-state index contributed by atoms with van der Waals surface area (Å²) in [5.74, 6) is 0.891. The van der Waals surface area contributed by atoms with Crippen LogP contribution in [0.4, 0.5) is 0 Å². The van der Waals surface area contributed by atoms with Gasteiger partial charge in [-0.3, -0.25) is 0 Å². The van der Waals surface area contributed by atoms with Gasteiger partial charge in [0.2, 0.25) is 0 Å². The highest BCUT2D eigenvalue weighted by atomic mass is 16.3. The van der Waals surface area contributed by atoms with Crippen molar-refractivity contribution in [3.8, 4) is 11.4 Å². The third-order valence-electron chi connectivity index (χ3n) is 2.30. The van der Waals surface area contributed by atoms with Crippen molar-refractivity contribution in [2.24, 2.45) is 0 Å². The lowest BCUT2D eigenvalue weighted by Crippen LogP contribution is -2.26. The van der Waals surface area contributed by atoms with Crippen LogP contribution < -0.4 is 0 Å². The van der Waals surface area contributed by atoms with E-state index in [2.05, 4.69) is 4.98 Å². The van der Waals surface area contributed by atoms with Gasteiger partial charge in [-0.2, -0.15) is 0 Å². The molecule has 0 atom stereocenters. The SMILES string of the molecule is CC(C)(O)Cn1ccnc1-c1ccccc1. The third kappa shape index (κ3) is 2.49. The lowest BCUT2D eigenvalue weighted by Gasteiger charge is -2.19. The fraction of sp³-hybridized carbons (Fsp3) is 0.308. The van der Waals surface area contributed by atoms with Crippen molar-refractivity contribution in [1.82, 2.24) is 9.55 Å². The van der Waals surface area contributed by atoms with Crippen molar-refractivity contribution in [2.45, 2.75) is 26.0 Å². The Bertz CT molecular complexity index is 454. The second kappa shape index (κ2) is 4.10. The molecule has 0 spiro atoms. The van der Waals surface area contributed by atoms with E-state index in [9.17, 15) is 5.11 Å². The van der Waals surface area contributed by atoms with Crippen LogP contribution in [0, 0.1) is 0 Å². The van der Waals surface area contributed by atoms with Crippen LogP contribution in [-0.4, -0.2) is 20.3 Å². The van der Waals surface area contributed by atoms with Crippen LogP contribution in [0.25, 0.3) is 11.4 Å². The molecule has 3 heteroatoms. The fourth-order valence-corrected chi connectivity index (χ4v) is 1.70. The predicted octanol–water partition coefficient (Wildman–Crippen LogP) is 2.32. The highest BCUT2D eigenvalue weighted by Gasteiger charge is 2.15. The van der Waals surface area contributed by atoms with Gasteiger partial charge in [-0.25, -0.2) is 4.98 Å². The lowest BCUT2D eigenvalue weighted by molar-refractivity contribution is 0.0620. The predicted molar refractivity (Wildman–Crippen MR) is 64.0 cm³/mol. The monoisotopic (exact) mass is 216 g/mol. The summed E-state index contributed by atoms with van der Waals surface area (Å²) in [6, 6.07) is 9.98. The molecule has 0 aliphatic rings. The minimum atomic E-state index is -0.732. The number of imidazole rings is 1. The van der Waals surface area contributed by atoms with Gasteiger partial charge in [0, 0.05) is 18.0 Å². The molecule has 0 amide bonds. The van der Waals surface area contributed by atoms with Crippen molar-refractivity contribution in [1.29, 1.82) is 0 Å². The van der Waals surface area contributed by atoms with Gasteiger partial charge in [-0.15, -0.1) is 0 Å². The van der Waals surface area contributed by atoms with E-state index in [0.29, 0.717) is 6.54 Å². The Balaban J connectivity index is 2.33. The van der Waals surface area contributed by atoms with Gasteiger partial charge in [-0.05, 0) is 13.8 Å². The molecular weight excluding hydrogens is 200 g/mol. The minimum Gasteiger partial charge on any atom is -0.389 e. The molecule has 2 rings (SSSR count). The van der Waals surface area contributed by atoms with Gasteiger partial charge < -0.3 is 9.67 Å². The second-order valence-electron chi connectivity index (χ2n) is 4.56. The van der Waals surface area contributed by atoms with E-state index >= 15 is 0 Å². The van der Waals surface area contributed by atoms with Gasteiger partial charge in [0.05, 0.1) is 12.1 Å². The van der Waals surface area contributed by atoms with Crippen molar-refractivity contribution in [3.05, 3.63) is 42.7 Å². The molecule has 1 aromatic carbocycles. The molecule has 0 unspecified atom stereocenters. The maximum Gasteiger partial charge on any atom is 0.139 e. The average molecular weight is 216 g/mol. The molecule has 0 saturated carbocycles. The van der Waals surface area contributed by atoms with E-state index in [1.165, 1.54) is 0 Å². The zero-order valence-corrected chi connectivity index (χ0v) is 9.59. The topological polar surface area (TPSA) is 38.0 Å². The van der Waals surface area contributed by atoms with Gasteiger partial charge >= 0.3 is 0 Å². The molecule has 0 bridgehead atoms. The van der Waals surface area contributed by atoms with Crippen molar-refractivity contribution < 1.29 is 5.11 Å². The Kier molecular flexibility index (Phi) is 2.79. The Labute approximate surface area is 95.4 Å². The maximum absolute atomic E-state index is 9.81. The number of benzene rings is 1. The molecule has 84 valence electrons. The third-order valence-corrected chi connectivity index (χ3v) is 2.30. The zero-order valence-electron chi connectivity index (χ0n) is 9.59. The number of aliphatic hydroxyl groups is 1. The van der Waals surface area contributed by atoms with Gasteiger partial charge in [0.25, 0.3) is 0 Å². The highest BCUT2D eigenvalue weighted by Crippen LogP contribution is 2.18. The molecular formula is C13H16N2O. The Morgan fingerprint density at radius 1 is 1.25 bits per heavy atom. The van der Waals surface area contributed by atoms with Gasteiger partial charge in [-0.1, -0.05) is 30.3 Å². The summed E-state index contributed by atoms with van der Waals surface area (Å²) >= 11 is 0. The van der Waals surface area contributed by atoms with Crippen LogP contribution in [0.3, 0.4) is 0 Å². The molecule has 1 heterocycles. The Morgan fingerprint density at radius 3 is 2.56 bits per heavy atom. The summed E-state index contributed by atoms with van der Waals surface area (Å²) < 4.78 is 1.97. The van der Waals surface area contributed by atoms with Crippen molar-refractivity contribution in [2.75, 3.05) is 0 Å². The first-order valence-electron chi connectivity index (χ1n) is 5.35. The van der Waals surface area contributed by atoms with Crippen molar-refractivity contribution in [3.63, 3.8) is 0 Å². The van der Waals surface area contributed by atoms with E-state index in [4.69, 9.17) is 0 Å². The number of aromatic nitrogens is 2. The average Bonchev–Trinajstić information content (AvgIpc) is 2.64. The summed E-state index contributed by atoms with van der Waals surface area (Å²) in [5, 5.41) is 9.81. The molecule has 0 aliphatic heterocycles. The number of hydrogen-bond acceptors (Lipinski definition) is 2. The van der Waals surface area contributed by atoms with Crippen LogP contribution in [-0.2, 0) is 6.54 Å². The molecule has 0 fully saturated rings. The van der Waals surface area contributed by atoms with Crippen molar-refractivity contribution >= 4 is 0 Å². The maximum atomic E-state index is 9.81. The van der Waals surface area contributed by atoms with E-state index < -0.39 is 5.60 Å². The first-order chi connectivity index (χ1) is 7.56. The Morgan fingerprint density at radius 2 is 1.94 bits per heavy atom. The summed E-state index contributed by atoms with van der Waals surface area (Å²) in [7, 11) is 0. The smallest absolute Gasteiger partial charge is 0.139 e. The summed E-state index contributed by atoms with van der Waals surface area (Å²) in [6.07, 6.45) is 3.65. The van der Waals surface area contributed by atoms with Crippen LogP contribution in [0.5, 0.6) is 0 Å². The second-order valence-corrected chi connectivity index (χ2v) is 4.56. The van der Waals surface area contributed by atoms with E-state index in [0.717, 1.165) is 11.4 Å². The molecule has 3 nitrogen and oxygen atoms in total. The number of hydrogen-bond donors (Lipinski definition) is 1. The van der Waals surface area contributed by atoms with Crippen LogP contribution in [0.1, 0.15) is 13.8 Å². The molecule has 0 aliphatic carbocycles. The lowest BCUT2D eigenvalue weighted by atomic mass is 10.1. The summed E-state index contributed by atoms with van der Waals surface area (Å²) in [4.78, 5) is 4.32. The molecule has 16 heavy (non-hydrogen) atoms. The summed E-state index contributed by atoms with van der Waals surface area (Å²) in [5.41, 5.74) is 0.335. The van der Waals surface area contributed by atoms with E-state index in [1.54, 1.807) is 20.0 Å². The minimum absolute atomic E-state index is 0.539. The van der Waals surface area contributed by atoms with Gasteiger partial charge in [0.15, 0.2) is 0 Å². The van der Waals surface area contributed by atoms with E-state index in [1.807, 2.05) is 41.1 Å². The number of nitrogens with zero attached hydrogens (tertiary/aromatic N) is 2. The van der Waals surface area contributed by atoms with Gasteiger partial charge in [0.1, 0.15) is 5.82 Å². The molecule has 0 saturated heterocycles. The quantitative estimate of drug-likeness (QED) is 0.855. The zero-order chi connectivity index (χ0) is 11.6. The van der Waals surface area contributed by atoms with Crippen LogP contribution in [0.2, 0.25) is 0 Å². The fourth-order valence-electron chi connectivity index (χ4n) is 1.70. The molecule has 0 radical (unpaired) electrons. The first kappa shape index (κ1) is 10.9.